The molecule has 2 heterocycles. The number of carboxylic acid groups (broad SMARTS) is 1. The molecule has 0 saturated heterocycles. The van der Waals surface area contributed by atoms with Gasteiger partial charge in [-0.05, 0) is 35.9 Å². The monoisotopic (exact) mass is 417 g/mol. The minimum absolute atomic E-state index is 0.0760. The number of amides is 1. The van der Waals surface area contributed by atoms with Gasteiger partial charge in [0.1, 0.15) is 11.3 Å². The van der Waals surface area contributed by atoms with Gasteiger partial charge in [0.15, 0.2) is 0 Å². The molecular weight excluding hydrogens is 406 g/mol. The third-order valence-electron chi connectivity index (χ3n) is 3.31. The van der Waals surface area contributed by atoms with Crippen molar-refractivity contribution in [2.75, 3.05) is 5.32 Å². The van der Waals surface area contributed by atoms with Crippen LogP contribution < -0.4 is 5.32 Å². The Balaban J connectivity index is 1.85. The first-order valence-electron chi connectivity index (χ1n) is 7.18. The van der Waals surface area contributed by atoms with E-state index < -0.39 is 11.9 Å². The first kappa shape index (κ1) is 17.2. The maximum atomic E-state index is 12.0. The Morgan fingerprint density at radius 2 is 1.96 bits per heavy atom. The van der Waals surface area contributed by atoms with Gasteiger partial charge in [-0.25, -0.2) is 4.79 Å². The van der Waals surface area contributed by atoms with Crippen molar-refractivity contribution in [2.45, 2.75) is 0 Å². The molecule has 0 unspecified atom stereocenters. The topological polar surface area (TPSA) is 79.5 Å². The number of nitrogens with one attached hydrogen (secondary N) is 1. The van der Waals surface area contributed by atoms with Crippen molar-refractivity contribution >= 4 is 50.9 Å². The fourth-order valence-electron chi connectivity index (χ4n) is 2.19. The number of anilines is 1. The van der Waals surface area contributed by atoms with Gasteiger partial charge in [0, 0.05) is 15.9 Å². The van der Waals surface area contributed by atoms with Gasteiger partial charge in [-0.3, -0.25) is 4.79 Å². The number of halogens is 1. The van der Waals surface area contributed by atoms with Crippen LogP contribution in [0.2, 0.25) is 0 Å². The Hall–Kier alpha value is -2.64. The first-order chi connectivity index (χ1) is 12.0. The quantitative estimate of drug-likeness (QED) is 0.564. The summed E-state index contributed by atoms with van der Waals surface area (Å²) in [5.41, 5.74) is 1.12. The van der Waals surface area contributed by atoms with E-state index in [1.807, 2.05) is 24.3 Å². The smallest absolute Gasteiger partial charge is 0.339 e. The van der Waals surface area contributed by atoms with Gasteiger partial charge in [-0.2, -0.15) is 0 Å². The normalized spacial score (nSPS) is 10.9. The lowest BCUT2D eigenvalue weighted by Crippen LogP contribution is -2.10. The molecule has 0 atom stereocenters. The number of furan rings is 1. The van der Waals surface area contributed by atoms with Crippen LogP contribution in [0.3, 0.4) is 0 Å². The summed E-state index contributed by atoms with van der Waals surface area (Å²) in [4.78, 5) is 24.3. The Kier molecular flexibility index (Phi) is 5.16. The van der Waals surface area contributed by atoms with E-state index in [0.29, 0.717) is 10.6 Å². The van der Waals surface area contributed by atoms with Crippen LogP contribution in [0.5, 0.6) is 0 Å². The van der Waals surface area contributed by atoms with Crippen LogP contribution in [0.15, 0.2) is 63.0 Å². The highest BCUT2D eigenvalue weighted by Gasteiger charge is 2.20. The molecule has 2 N–H and O–H groups in total. The predicted molar refractivity (Wildman–Crippen MR) is 101 cm³/mol. The molecule has 126 valence electrons. The highest BCUT2D eigenvalue weighted by molar-refractivity contribution is 9.10. The number of carbonyl (C=O) groups is 2. The SMILES string of the molecule is O=C(C=Cc1ccco1)Nc1csc(-c2ccc(Br)cc2)c1C(=O)O. The Morgan fingerprint density at radius 1 is 1.20 bits per heavy atom. The first-order valence-corrected chi connectivity index (χ1v) is 8.85. The molecule has 7 heteroatoms. The van der Waals surface area contributed by atoms with E-state index in [9.17, 15) is 14.7 Å². The van der Waals surface area contributed by atoms with Gasteiger partial charge >= 0.3 is 5.97 Å². The predicted octanol–water partition coefficient (Wildman–Crippen LogP) is 5.12. The zero-order valence-corrected chi connectivity index (χ0v) is 15.1. The number of carboxylic acids is 1. The van der Waals surface area contributed by atoms with Crippen LogP contribution in [-0.4, -0.2) is 17.0 Å². The number of carbonyl (C=O) groups excluding carboxylic acids is 1. The molecule has 3 rings (SSSR count). The molecule has 0 fully saturated rings. The van der Waals surface area contributed by atoms with Crippen LogP contribution in [0.1, 0.15) is 16.1 Å². The molecule has 25 heavy (non-hydrogen) atoms. The maximum absolute atomic E-state index is 12.0. The highest BCUT2D eigenvalue weighted by Crippen LogP contribution is 2.36. The van der Waals surface area contributed by atoms with Crippen molar-refractivity contribution in [3.05, 3.63) is 69.9 Å². The van der Waals surface area contributed by atoms with E-state index in [4.69, 9.17) is 4.42 Å². The molecule has 2 aromatic heterocycles. The molecule has 0 bridgehead atoms. The highest BCUT2D eigenvalue weighted by atomic mass is 79.9. The molecule has 1 amide bonds. The van der Waals surface area contributed by atoms with E-state index in [1.165, 1.54) is 29.8 Å². The van der Waals surface area contributed by atoms with Crippen LogP contribution in [0.4, 0.5) is 5.69 Å². The van der Waals surface area contributed by atoms with E-state index in [-0.39, 0.29) is 11.3 Å². The van der Waals surface area contributed by atoms with Gasteiger partial charge in [0.05, 0.1) is 16.8 Å². The lowest BCUT2D eigenvalue weighted by atomic mass is 10.1. The van der Waals surface area contributed by atoms with Gasteiger partial charge in [0.25, 0.3) is 0 Å². The lowest BCUT2D eigenvalue weighted by molar-refractivity contribution is -0.111. The summed E-state index contributed by atoms with van der Waals surface area (Å²) in [6.07, 6.45) is 4.31. The zero-order valence-electron chi connectivity index (χ0n) is 12.7. The third-order valence-corrected chi connectivity index (χ3v) is 4.87. The van der Waals surface area contributed by atoms with Crippen LogP contribution in [0, 0.1) is 0 Å². The van der Waals surface area contributed by atoms with Gasteiger partial charge < -0.3 is 14.8 Å². The van der Waals surface area contributed by atoms with Crippen molar-refractivity contribution in [3.8, 4) is 10.4 Å². The minimum atomic E-state index is -1.09. The van der Waals surface area contributed by atoms with Crippen molar-refractivity contribution in [1.82, 2.24) is 0 Å². The molecule has 0 spiro atoms. The fraction of sp³-hybridized carbons (Fsp3) is 0. The number of rotatable bonds is 5. The summed E-state index contributed by atoms with van der Waals surface area (Å²) >= 11 is 4.62. The van der Waals surface area contributed by atoms with Gasteiger partial charge in [0.2, 0.25) is 5.91 Å². The fourth-order valence-corrected chi connectivity index (χ4v) is 3.46. The van der Waals surface area contributed by atoms with Crippen LogP contribution in [-0.2, 0) is 4.79 Å². The summed E-state index contributed by atoms with van der Waals surface area (Å²) in [5.74, 6) is -0.988. The van der Waals surface area contributed by atoms with Crippen molar-refractivity contribution < 1.29 is 19.1 Å². The van der Waals surface area contributed by atoms with Crippen molar-refractivity contribution in [2.24, 2.45) is 0 Å². The van der Waals surface area contributed by atoms with E-state index in [1.54, 1.807) is 17.5 Å². The molecule has 1 aromatic carbocycles. The summed E-state index contributed by atoms with van der Waals surface area (Å²) < 4.78 is 6.01. The number of hydrogen-bond donors (Lipinski definition) is 2. The Morgan fingerprint density at radius 3 is 2.60 bits per heavy atom. The van der Waals surface area contributed by atoms with Crippen molar-refractivity contribution in [3.63, 3.8) is 0 Å². The van der Waals surface area contributed by atoms with Gasteiger partial charge in [-0.15, -0.1) is 11.3 Å². The summed E-state index contributed by atoms with van der Waals surface area (Å²) in [5, 5.41) is 13.8. The Bertz CT molecular complexity index is 927. The van der Waals surface area contributed by atoms with Crippen molar-refractivity contribution in [1.29, 1.82) is 0 Å². The van der Waals surface area contributed by atoms with E-state index >= 15 is 0 Å². The van der Waals surface area contributed by atoms with Crippen LogP contribution >= 0.6 is 27.3 Å². The van der Waals surface area contributed by atoms with Gasteiger partial charge in [-0.1, -0.05) is 28.1 Å². The average molecular weight is 418 g/mol. The molecular formula is C18H12BrNO4S. The molecule has 0 radical (unpaired) electrons. The molecule has 0 aliphatic rings. The summed E-state index contributed by atoms with van der Waals surface area (Å²) in [6.45, 7) is 0. The number of hydrogen-bond acceptors (Lipinski definition) is 4. The van der Waals surface area contributed by atoms with E-state index in [0.717, 1.165) is 10.0 Å². The second kappa shape index (κ2) is 7.50. The number of benzene rings is 1. The number of thiophene rings is 1. The summed E-state index contributed by atoms with van der Waals surface area (Å²) in [7, 11) is 0. The Labute approximate surface area is 155 Å². The average Bonchev–Trinajstić information content (AvgIpc) is 3.23. The summed E-state index contributed by atoms with van der Waals surface area (Å²) in [6, 6.07) is 10.7. The number of aromatic carboxylic acids is 1. The maximum Gasteiger partial charge on any atom is 0.339 e. The standard InChI is InChI=1S/C18H12BrNO4S/c19-12-5-3-11(4-6-12)17-16(18(22)23)14(10-25-17)20-15(21)8-7-13-2-1-9-24-13/h1-10H,(H,20,21)(H,22,23). The minimum Gasteiger partial charge on any atom is -0.478 e. The molecule has 0 aliphatic heterocycles. The second-order valence-electron chi connectivity index (χ2n) is 5.00. The molecule has 5 nitrogen and oxygen atoms in total. The third kappa shape index (κ3) is 4.07. The van der Waals surface area contributed by atoms with E-state index in [2.05, 4.69) is 21.2 Å². The second-order valence-corrected chi connectivity index (χ2v) is 6.80. The molecule has 3 aromatic rings. The molecule has 0 saturated carbocycles. The van der Waals surface area contributed by atoms with Crippen LogP contribution in [0.25, 0.3) is 16.5 Å². The molecule has 0 aliphatic carbocycles. The lowest BCUT2D eigenvalue weighted by Gasteiger charge is -2.04. The largest absolute Gasteiger partial charge is 0.478 e. The zero-order chi connectivity index (χ0) is 17.8.